The van der Waals surface area contributed by atoms with Gasteiger partial charge < -0.3 is 10.5 Å². The summed E-state index contributed by atoms with van der Waals surface area (Å²) in [4.78, 5) is 4.20. The molecular weight excluding hydrogens is 269 g/mol. The highest BCUT2D eigenvalue weighted by Gasteiger charge is 2.31. The summed E-state index contributed by atoms with van der Waals surface area (Å²) in [6, 6.07) is 7.67. The molecule has 2 aromatic rings. The minimum Gasteiger partial charge on any atom is -0.406 e. The van der Waals surface area contributed by atoms with Crippen LogP contribution in [0.15, 0.2) is 36.5 Å². The fraction of sp³-hybridized carbons (Fsp3) is 0.214. The Balaban J connectivity index is 2.50. The molecule has 3 nitrogen and oxygen atoms in total. The van der Waals surface area contributed by atoms with Crippen LogP contribution in [0.3, 0.4) is 0 Å². The van der Waals surface area contributed by atoms with Crippen LogP contribution in [0.1, 0.15) is 11.1 Å². The number of pyridine rings is 1. The molecule has 0 radical (unpaired) electrons. The molecule has 1 heterocycles. The lowest BCUT2D eigenvalue weighted by Gasteiger charge is -2.13. The normalized spacial score (nSPS) is 11.4. The molecule has 0 bridgehead atoms. The topological polar surface area (TPSA) is 48.1 Å². The molecule has 0 aliphatic rings. The van der Waals surface area contributed by atoms with Gasteiger partial charge >= 0.3 is 6.36 Å². The molecule has 1 aromatic heterocycles. The number of aryl methyl sites for hydroxylation is 1. The van der Waals surface area contributed by atoms with E-state index in [2.05, 4.69) is 9.72 Å². The predicted octanol–water partition coefficient (Wildman–Crippen LogP) is 3.41. The average Bonchev–Trinajstić information content (AvgIpc) is 2.37. The van der Waals surface area contributed by atoms with Gasteiger partial charge in [0.2, 0.25) is 0 Å². The van der Waals surface area contributed by atoms with E-state index in [4.69, 9.17) is 5.73 Å². The van der Waals surface area contributed by atoms with Gasteiger partial charge in [0, 0.05) is 18.3 Å². The zero-order valence-corrected chi connectivity index (χ0v) is 10.7. The molecule has 0 fully saturated rings. The zero-order chi connectivity index (χ0) is 14.8. The molecule has 2 rings (SSSR count). The van der Waals surface area contributed by atoms with E-state index in [1.54, 1.807) is 12.3 Å². The Hall–Kier alpha value is -2.08. The van der Waals surface area contributed by atoms with Crippen molar-refractivity contribution >= 4 is 0 Å². The van der Waals surface area contributed by atoms with Gasteiger partial charge in [-0.05, 0) is 36.2 Å². The number of alkyl halides is 3. The first-order valence-electron chi connectivity index (χ1n) is 5.91. The molecule has 0 saturated carbocycles. The molecule has 0 saturated heterocycles. The molecule has 6 heteroatoms. The molecule has 1 aromatic carbocycles. The molecule has 2 N–H and O–H groups in total. The monoisotopic (exact) mass is 282 g/mol. The highest BCUT2D eigenvalue weighted by Crippen LogP contribution is 2.31. The molecule has 0 aliphatic carbocycles. The number of nitrogens with two attached hydrogens (primary N) is 1. The van der Waals surface area contributed by atoms with Crippen LogP contribution >= 0.6 is 0 Å². The molecule has 20 heavy (non-hydrogen) atoms. The number of hydrogen-bond acceptors (Lipinski definition) is 3. The van der Waals surface area contributed by atoms with Gasteiger partial charge in [-0.15, -0.1) is 13.2 Å². The fourth-order valence-electron chi connectivity index (χ4n) is 1.92. The SMILES string of the molecule is Cc1cccnc1-c1cc(OC(F)(F)F)ccc1CN. The average molecular weight is 282 g/mol. The Morgan fingerprint density at radius 2 is 2.00 bits per heavy atom. The summed E-state index contributed by atoms with van der Waals surface area (Å²) < 4.78 is 40.8. The maximum atomic E-state index is 12.3. The summed E-state index contributed by atoms with van der Waals surface area (Å²) >= 11 is 0. The van der Waals surface area contributed by atoms with Crippen LogP contribution in [0.25, 0.3) is 11.3 Å². The molecule has 0 aliphatic heterocycles. The molecular formula is C14H13F3N2O. The number of ether oxygens (including phenoxy) is 1. The van der Waals surface area contributed by atoms with Crippen molar-refractivity contribution in [3.8, 4) is 17.0 Å². The van der Waals surface area contributed by atoms with Crippen molar-refractivity contribution in [3.63, 3.8) is 0 Å². The van der Waals surface area contributed by atoms with Crippen molar-refractivity contribution in [2.45, 2.75) is 19.8 Å². The number of nitrogens with zero attached hydrogens (tertiary/aromatic N) is 1. The summed E-state index contributed by atoms with van der Waals surface area (Å²) in [6.07, 6.45) is -3.14. The van der Waals surface area contributed by atoms with Crippen LogP contribution in [0, 0.1) is 6.92 Å². The predicted molar refractivity (Wildman–Crippen MR) is 69.0 cm³/mol. The van der Waals surface area contributed by atoms with Crippen molar-refractivity contribution in [1.29, 1.82) is 0 Å². The standard InChI is InChI=1S/C14H13F3N2O/c1-9-3-2-6-19-13(9)12-7-11(20-14(15,16)17)5-4-10(12)8-18/h2-7H,8,18H2,1H3. The largest absolute Gasteiger partial charge is 0.573 e. The van der Waals surface area contributed by atoms with Gasteiger partial charge in [-0.1, -0.05) is 12.1 Å². The van der Waals surface area contributed by atoms with Gasteiger partial charge in [0.25, 0.3) is 0 Å². The van der Waals surface area contributed by atoms with Crippen LogP contribution < -0.4 is 10.5 Å². The highest BCUT2D eigenvalue weighted by molar-refractivity contribution is 5.68. The number of hydrogen-bond donors (Lipinski definition) is 1. The third kappa shape index (κ3) is 3.27. The quantitative estimate of drug-likeness (QED) is 0.938. The second kappa shape index (κ2) is 5.50. The van der Waals surface area contributed by atoms with E-state index in [0.29, 0.717) is 16.8 Å². The Kier molecular flexibility index (Phi) is 3.94. The van der Waals surface area contributed by atoms with E-state index >= 15 is 0 Å². The number of rotatable bonds is 3. The molecule has 0 spiro atoms. The van der Waals surface area contributed by atoms with Crippen molar-refractivity contribution in [1.82, 2.24) is 4.98 Å². The highest BCUT2D eigenvalue weighted by atomic mass is 19.4. The van der Waals surface area contributed by atoms with Crippen LogP contribution in [-0.4, -0.2) is 11.3 Å². The molecule has 0 atom stereocenters. The summed E-state index contributed by atoms with van der Waals surface area (Å²) in [5.41, 5.74) is 8.33. The third-order valence-corrected chi connectivity index (χ3v) is 2.80. The Morgan fingerprint density at radius 3 is 2.60 bits per heavy atom. The lowest BCUT2D eigenvalue weighted by Crippen LogP contribution is -2.17. The fourth-order valence-corrected chi connectivity index (χ4v) is 1.92. The van der Waals surface area contributed by atoms with Crippen LogP contribution in [-0.2, 0) is 6.54 Å². The van der Waals surface area contributed by atoms with Gasteiger partial charge in [-0.3, -0.25) is 4.98 Å². The lowest BCUT2D eigenvalue weighted by atomic mass is 10.0. The van der Waals surface area contributed by atoms with Gasteiger partial charge in [0.1, 0.15) is 5.75 Å². The molecule has 0 amide bonds. The van der Waals surface area contributed by atoms with E-state index in [-0.39, 0.29) is 12.3 Å². The zero-order valence-electron chi connectivity index (χ0n) is 10.7. The summed E-state index contributed by atoms with van der Waals surface area (Å²) in [5.74, 6) is -0.283. The van der Waals surface area contributed by atoms with Crippen LogP contribution in [0.2, 0.25) is 0 Å². The Morgan fingerprint density at radius 1 is 1.25 bits per heavy atom. The van der Waals surface area contributed by atoms with Crippen molar-refractivity contribution < 1.29 is 17.9 Å². The molecule has 106 valence electrons. The second-order valence-corrected chi connectivity index (χ2v) is 4.24. The van der Waals surface area contributed by atoms with Crippen LogP contribution in [0.4, 0.5) is 13.2 Å². The number of benzene rings is 1. The first kappa shape index (κ1) is 14.3. The summed E-state index contributed by atoms with van der Waals surface area (Å²) in [5, 5.41) is 0. The van der Waals surface area contributed by atoms with E-state index in [1.807, 2.05) is 13.0 Å². The lowest BCUT2D eigenvalue weighted by molar-refractivity contribution is -0.274. The van der Waals surface area contributed by atoms with E-state index in [1.165, 1.54) is 18.2 Å². The third-order valence-electron chi connectivity index (χ3n) is 2.80. The molecule has 0 unspecified atom stereocenters. The minimum absolute atomic E-state index is 0.206. The van der Waals surface area contributed by atoms with Gasteiger partial charge in [0.05, 0.1) is 5.69 Å². The van der Waals surface area contributed by atoms with Crippen molar-refractivity contribution in [2.24, 2.45) is 5.73 Å². The number of aromatic nitrogens is 1. The Labute approximate surface area is 114 Å². The van der Waals surface area contributed by atoms with Crippen LogP contribution in [0.5, 0.6) is 5.75 Å². The maximum absolute atomic E-state index is 12.3. The van der Waals surface area contributed by atoms with Crippen molar-refractivity contribution in [3.05, 3.63) is 47.7 Å². The minimum atomic E-state index is -4.72. The van der Waals surface area contributed by atoms with E-state index in [0.717, 1.165) is 5.56 Å². The van der Waals surface area contributed by atoms with Crippen molar-refractivity contribution in [2.75, 3.05) is 0 Å². The Bertz CT molecular complexity index is 612. The summed E-state index contributed by atoms with van der Waals surface area (Å²) in [7, 11) is 0. The summed E-state index contributed by atoms with van der Waals surface area (Å²) in [6.45, 7) is 2.04. The number of halogens is 3. The van der Waals surface area contributed by atoms with E-state index in [9.17, 15) is 13.2 Å². The van der Waals surface area contributed by atoms with Gasteiger partial charge in [-0.25, -0.2) is 0 Å². The maximum Gasteiger partial charge on any atom is 0.573 e. The first-order valence-corrected chi connectivity index (χ1v) is 5.91. The first-order chi connectivity index (χ1) is 9.40. The van der Waals surface area contributed by atoms with Gasteiger partial charge in [0.15, 0.2) is 0 Å². The smallest absolute Gasteiger partial charge is 0.406 e. The van der Waals surface area contributed by atoms with E-state index < -0.39 is 6.36 Å². The van der Waals surface area contributed by atoms with Gasteiger partial charge in [-0.2, -0.15) is 0 Å². The second-order valence-electron chi connectivity index (χ2n) is 4.24.